The van der Waals surface area contributed by atoms with Gasteiger partial charge in [0.2, 0.25) is 0 Å². The van der Waals surface area contributed by atoms with Crippen molar-refractivity contribution in [3.05, 3.63) is 38.9 Å². The number of hydrogen-bond donors (Lipinski definition) is 1. The van der Waals surface area contributed by atoms with Gasteiger partial charge in [0.05, 0.1) is 4.92 Å². The van der Waals surface area contributed by atoms with Gasteiger partial charge in [-0.1, -0.05) is 30.9 Å². The number of nitrogens with one attached hydrogen (secondary N) is 1. The van der Waals surface area contributed by atoms with Crippen molar-refractivity contribution in [2.24, 2.45) is 0 Å². The number of nitro groups is 1. The van der Waals surface area contributed by atoms with Crippen molar-refractivity contribution in [3.8, 4) is 0 Å². The Morgan fingerprint density at radius 2 is 2.04 bits per heavy atom. The van der Waals surface area contributed by atoms with Gasteiger partial charge >= 0.3 is 0 Å². The van der Waals surface area contributed by atoms with Crippen LogP contribution < -0.4 is 5.32 Å². The smallest absolute Gasteiger partial charge is 0.288 e. The zero-order chi connectivity index (χ0) is 17.0. The number of halogens is 1. The number of hydrogen-bond acceptors (Lipinski definition) is 4. The Hall–Kier alpha value is -1.73. The van der Waals surface area contributed by atoms with Gasteiger partial charge in [0, 0.05) is 24.7 Å². The van der Waals surface area contributed by atoms with Crippen LogP contribution in [-0.2, 0) is 0 Å². The Morgan fingerprint density at radius 1 is 1.39 bits per heavy atom. The van der Waals surface area contributed by atoms with Crippen molar-refractivity contribution in [3.63, 3.8) is 0 Å². The molecule has 2 rings (SSSR count). The summed E-state index contributed by atoms with van der Waals surface area (Å²) in [6, 6.07) is 4.26. The molecular weight excluding hydrogens is 338 g/mol. The highest BCUT2D eigenvalue weighted by atomic mass is 35.5. The highest BCUT2D eigenvalue weighted by molar-refractivity contribution is 7.80. The van der Waals surface area contributed by atoms with Gasteiger partial charge in [-0.25, -0.2) is 0 Å². The largest absolute Gasteiger partial charge is 0.349 e. The van der Waals surface area contributed by atoms with E-state index in [-0.39, 0.29) is 16.3 Å². The van der Waals surface area contributed by atoms with Crippen LogP contribution >= 0.6 is 23.8 Å². The lowest BCUT2D eigenvalue weighted by atomic mass is 9.95. The average Bonchev–Trinajstić information content (AvgIpc) is 2.54. The number of rotatable bonds is 3. The van der Waals surface area contributed by atoms with Crippen LogP contribution in [0.4, 0.5) is 5.69 Å². The minimum Gasteiger partial charge on any atom is -0.349 e. The molecule has 1 amide bonds. The molecule has 0 saturated heterocycles. The molecule has 0 unspecified atom stereocenters. The lowest BCUT2D eigenvalue weighted by molar-refractivity contribution is -0.384. The molecule has 0 radical (unpaired) electrons. The van der Waals surface area contributed by atoms with Crippen molar-refractivity contribution < 1.29 is 9.72 Å². The van der Waals surface area contributed by atoms with Gasteiger partial charge in [-0.15, -0.1) is 0 Å². The van der Waals surface area contributed by atoms with E-state index in [1.54, 1.807) is 0 Å². The number of thiocarbonyl (C=S) groups is 1. The van der Waals surface area contributed by atoms with Crippen molar-refractivity contribution in [1.29, 1.82) is 0 Å². The molecule has 0 spiro atoms. The molecule has 23 heavy (non-hydrogen) atoms. The topological polar surface area (TPSA) is 75.5 Å². The van der Waals surface area contributed by atoms with Gasteiger partial charge in [0.25, 0.3) is 11.6 Å². The van der Waals surface area contributed by atoms with Crippen LogP contribution in [0.2, 0.25) is 5.02 Å². The lowest BCUT2D eigenvalue weighted by Crippen LogP contribution is -2.46. The summed E-state index contributed by atoms with van der Waals surface area (Å²) in [5, 5.41) is 13.8. The van der Waals surface area contributed by atoms with Crippen molar-refractivity contribution in [2.75, 3.05) is 7.05 Å². The summed E-state index contributed by atoms with van der Waals surface area (Å²) in [5.74, 6) is -0.475. The van der Waals surface area contributed by atoms with Crippen LogP contribution in [0.15, 0.2) is 18.2 Å². The molecule has 0 atom stereocenters. The van der Waals surface area contributed by atoms with Crippen molar-refractivity contribution in [2.45, 2.75) is 38.1 Å². The van der Waals surface area contributed by atoms with E-state index in [1.165, 1.54) is 18.6 Å². The Bertz CT molecular complexity index is 632. The molecule has 0 heterocycles. The van der Waals surface area contributed by atoms with Crippen LogP contribution in [-0.4, -0.2) is 33.9 Å². The zero-order valence-electron chi connectivity index (χ0n) is 12.8. The maximum atomic E-state index is 12.2. The number of amides is 1. The van der Waals surface area contributed by atoms with Gasteiger partial charge < -0.3 is 4.90 Å². The lowest BCUT2D eigenvalue weighted by Gasteiger charge is -2.32. The van der Waals surface area contributed by atoms with E-state index in [9.17, 15) is 14.9 Å². The van der Waals surface area contributed by atoms with E-state index in [0.717, 1.165) is 31.7 Å². The van der Waals surface area contributed by atoms with Gasteiger partial charge in [-0.05, 0) is 37.2 Å². The first kappa shape index (κ1) is 17.6. The van der Waals surface area contributed by atoms with Crippen LogP contribution in [0.3, 0.4) is 0 Å². The van der Waals surface area contributed by atoms with Gasteiger partial charge in [0.15, 0.2) is 5.11 Å². The molecule has 0 bridgehead atoms. The van der Waals surface area contributed by atoms with E-state index in [0.29, 0.717) is 11.2 Å². The quantitative estimate of drug-likeness (QED) is 0.510. The maximum Gasteiger partial charge on any atom is 0.288 e. The second-order valence-corrected chi connectivity index (χ2v) is 6.38. The molecule has 1 aromatic rings. The van der Waals surface area contributed by atoms with Crippen LogP contribution in [0.1, 0.15) is 42.5 Å². The minimum atomic E-state index is -0.619. The molecule has 124 valence electrons. The van der Waals surface area contributed by atoms with Gasteiger partial charge in [-0.3, -0.25) is 20.2 Å². The Balaban J connectivity index is 2.04. The maximum absolute atomic E-state index is 12.2. The number of nitrogens with zero attached hydrogens (tertiary/aromatic N) is 2. The van der Waals surface area contributed by atoms with E-state index < -0.39 is 10.8 Å². The van der Waals surface area contributed by atoms with Gasteiger partial charge in [-0.2, -0.15) is 0 Å². The first-order chi connectivity index (χ1) is 10.9. The van der Waals surface area contributed by atoms with E-state index in [4.69, 9.17) is 23.8 Å². The fourth-order valence-electron chi connectivity index (χ4n) is 2.69. The normalized spacial score (nSPS) is 15.0. The van der Waals surface area contributed by atoms with Crippen molar-refractivity contribution >= 4 is 40.5 Å². The number of carbonyl (C=O) groups excluding carboxylic acids is 1. The summed E-state index contributed by atoms with van der Waals surface area (Å²) < 4.78 is 0. The molecule has 1 N–H and O–H groups in total. The number of benzene rings is 1. The fourth-order valence-corrected chi connectivity index (χ4v) is 3.11. The standard InChI is InChI=1S/C15H18ClN3O3S/c1-18(11-5-3-2-4-6-11)15(23)17-14(20)10-7-8-12(16)13(9-10)19(21)22/h7-9,11H,2-6H2,1H3,(H,17,20,23). The third-order valence-electron chi connectivity index (χ3n) is 4.07. The summed E-state index contributed by atoms with van der Waals surface area (Å²) in [4.78, 5) is 24.4. The van der Waals surface area contributed by atoms with Gasteiger partial charge in [0.1, 0.15) is 5.02 Å². The zero-order valence-corrected chi connectivity index (χ0v) is 14.3. The number of nitro benzene ring substituents is 1. The molecule has 1 fully saturated rings. The molecule has 1 aromatic carbocycles. The fraction of sp³-hybridized carbons (Fsp3) is 0.467. The molecule has 0 aromatic heterocycles. The first-order valence-corrected chi connectivity index (χ1v) is 8.21. The third kappa shape index (κ3) is 4.39. The van der Waals surface area contributed by atoms with E-state index >= 15 is 0 Å². The van der Waals surface area contributed by atoms with E-state index in [1.807, 2.05) is 11.9 Å². The first-order valence-electron chi connectivity index (χ1n) is 7.42. The Labute approximate surface area is 144 Å². The Morgan fingerprint density at radius 3 is 2.65 bits per heavy atom. The summed E-state index contributed by atoms with van der Waals surface area (Å²) >= 11 is 11.0. The second kappa shape index (κ2) is 7.70. The van der Waals surface area contributed by atoms with Crippen LogP contribution in [0.5, 0.6) is 0 Å². The minimum absolute atomic E-state index is 0.00606. The molecule has 1 saturated carbocycles. The summed E-state index contributed by atoms with van der Waals surface area (Å²) in [6.07, 6.45) is 5.67. The number of carbonyl (C=O) groups is 1. The molecule has 6 nitrogen and oxygen atoms in total. The highest BCUT2D eigenvalue weighted by Gasteiger charge is 2.22. The highest BCUT2D eigenvalue weighted by Crippen LogP contribution is 2.25. The van der Waals surface area contributed by atoms with Crippen molar-refractivity contribution in [1.82, 2.24) is 10.2 Å². The molecule has 8 heteroatoms. The molecular formula is C15H18ClN3O3S. The molecule has 1 aliphatic rings. The third-order valence-corrected chi connectivity index (χ3v) is 4.78. The predicted molar refractivity (Wildman–Crippen MR) is 92.8 cm³/mol. The molecule has 1 aliphatic carbocycles. The Kier molecular flexibility index (Phi) is 5.90. The van der Waals surface area contributed by atoms with E-state index in [2.05, 4.69) is 5.32 Å². The molecule has 0 aliphatic heterocycles. The second-order valence-electron chi connectivity index (χ2n) is 5.59. The summed E-state index contributed by atoms with van der Waals surface area (Å²) in [6.45, 7) is 0. The summed E-state index contributed by atoms with van der Waals surface area (Å²) in [5.41, 5.74) is -0.147. The van der Waals surface area contributed by atoms with Crippen LogP contribution in [0.25, 0.3) is 0 Å². The summed E-state index contributed by atoms with van der Waals surface area (Å²) in [7, 11) is 1.86. The average molecular weight is 356 g/mol. The monoisotopic (exact) mass is 355 g/mol. The van der Waals surface area contributed by atoms with Crippen LogP contribution in [0, 0.1) is 10.1 Å². The SMILES string of the molecule is CN(C(=S)NC(=O)c1ccc(Cl)c([N+](=O)[O-])c1)C1CCCCC1. The predicted octanol–water partition coefficient (Wildman–Crippen LogP) is 3.53.